The van der Waals surface area contributed by atoms with E-state index in [0.29, 0.717) is 11.1 Å². The van der Waals surface area contributed by atoms with E-state index >= 15 is 0 Å². The van der Waals surface area contributed by atoms with Gasteiger partial charge < -0.3 is 9.52 Å². The van der Waals surface area contributed by atoms with Crippen LogP contribution in [0.25, 0.3) is 11.0 Å². The molecule has 0 saturated carbocycles. The zero-order valence-corrected chi connectivity index (χ0v) is 8.00. The van der Waals surface area contributed by atoms with Crippen LogP contribution < -0.4 is 5.63 Å². The Hall–Kier alpha value is -1.77. The lowest BCUT2D eigenvalue weighted by atomic mass is 10.1. The van der Waals surface area contributed by atoms with Crippen molar-refractivity contribution in [3.05, 3.63) is 39.7 Å². The third-order valence-electron chi connectivity index (χ3n) is 2.44. The van der Waals surface area contributed by atoms with Gasteiger partial charge in [0.05, 0.1) is 0 Å². The van der Waals surface area contributed by atoms with Crippen LogP contribution in [0.2, 0.25) is 0 Å². The Balaban J connectivity index is 2.99. The maximum atomic E-state index is 11.3. The first-order valence-electron chi connectivity index (χ1n) is 4.32. The summed E-state index contributed by atoms with van der Waals surface area (Å²) in [6.07, 6.45) is 0. The van der Waals surface area contributed by atoms with Crippen LogP contribution in [-0.2, 0) is 0 Å². The van der Waals surface area contributed by atoms with Gasteiger partial charge in [0.15, 0.2) is 0 Å². The number of aromatic hydroxyl groups is 1. The minimum atomic E-state index is -0.319. The Kier molecular flexibility index (Phi) is 1.81. The minimum Gasteiger partial charge on any atom is -0.508 e. The molecule has 3 heteroatoms. The molecule has 2 aromatic rings. The fourth-order valence-corrected chi connectivity index (χ4v) is 1.43. The molecule has 1 heterocycles. The molecular formula is C11H10O3. The first kappa shape index (κ1) is 8.81. The molecule has 1 N–H and O–H groups in total. The molecule has 1 aromatic carbocycles. The standard InChI is InChI=1S/C11H10O3/c1-6-7(2)11(13)14-10-4-3-8(12)5-9(6)10/h3-5,12H,1-2H3. The van der Waals surface area contributed by atoms with E-state index in [-0.39, 0.29) is 11.4 Å². The zero-order chi connectivity index (χ0) is 10.3. The lowest BCUT2D eigenvalue weighted by Crippen LogP contribution is -2.05. The summed E-state index contributed by atoms with van der Waals surface area (Å²) in [4.78, 5) is 11.3. The molecule has 0 fully saturated rings. The number of aryl methyl sites for hydroxylation is 1. The molecule has 0 saturated heterocycles. The maximum Gasteiger partial charge on any atom is 0.339 e. The summed E-state index contributed by atoms with van der Waals surface area (Å²) >= 11 is 0. The van der Waals surface area contributed by atoms with E-state index < -0.39 is 0 Å². The third kappa shape index (κ3) is 1.18. The van der Waals surface area contributed by atoms with Gasteiger partial charge in [0.1, 0.15) is 11.3 Å². The van der Waals surface area contributed by atoms with Crippen LogP contribution in [0.15, 0.2) is 27.4 Å². The van der Waals surface area contributed by atoms with Crippen molar-refractivity contribution >= 4 is 11.0 Å². The number of hydrogen-bond acceptors (Lipinski definition) is 3. The summed E-state index contributed by atoms with van der Waals surface area (Å²) < 4.78 is 5.06. The van der Waals surface area contributed by atoms with Crippen molar-refractivity contribution in [2.45, 2.75) is 13.8 Å². The molecule has 0 aliphatic carbocycles. The van der Waals surface area contributed by atoms with Crippen LogP contribution in [0.4, 0.5) is 0 Å². The van der Waals surface area contributed by atoms with Crippen molar-refractivity contribution in [1.82, 2.24) is 0 Å². The van der Waals surface area contributed by atoms with Crippen molar-refractivity contribution in [1.29, 1.82) is 0 Å². The van der Waals surface area contributed by atoms with Gasteiger partial charge in [-0.25, -0.2) is 4.79 Å². The molecule has 0 atom stereocenters. The van der Waals surface area contributed by atoms with E-state index in [1.54, 1.807) is 19.1 Å². The second-order valence-electron chi connectivity index (χ2n) is 3.32. The monoisotopic (exact) mass is 190 g/mol. The highest BCUT2D eigenvalue weighted by molar-refractivity contribution is 5.82. The highest BCUT2D eigenvalue weighted by Crippen LogP contribution is 2.22. The van der Waals surface area contributed by atoms with Gasteiger partial charge in [0.25, 0.3) is 0 Å². The Bertz CT molecular complexity index is 552. The molecule has 0 radical (unpaired) electrons. The van der Waals surface area contributed by atoms with Crippen LogP contribution in [0.5, 0.6) is 5.75 Å². The Morgan fingerprint density at radius 2 is 1.93 bits per heavy atom. The van der Waals surface area contributed by atoms with Crippen LogP contribution in [0.1, 0.15) is 11.1 Å². The fourth-order valence-electron chi connectivity index (χ4n) is 1.43. The third-order valence-corrected chi connectivity index (χ3v) is 2.44. The lowest BCUT2D eigenvalue weighted by molar-refractivity contribution is 0.475. The van der Waals surface area contributed by atoms with Crippen LogP contribution in [0.3, 0.4) is 0 Å². The molecule has 72 valence electrons. The smallest absolute Gasteiger partial charge is 0.339 e. The molecule has 0 amide bonds. The number of phenols is 1. The molecule has 0 aliphatic rings. The summed E-state index contributed by atoms with van der Waals surface area (Å²) in [6, 6.07) is 4.69. The molecule has 14 heavy (non-hydrogen) atoms. The molecule has 0 bridgehead atoms. The van der Waals surface area contributed by atoms with E-state index in [2.05, 4.69) is 0 Å². The van der Waals surface area contributed by atoms with Gasteiger partial charge in [-0.15, -0.1) is 0 Å². The molecular weight excluding hydrogens is 180 g/mol. The van der Waals surface area contributed by atoms with E-state index in [0.717, 1.165) is 10.9 Å². The van der Waals surface area contributed by atoms with Gasteiger partial charge in [-0.2, -0.15) is 0 Å². The first-order chi connectivity index (χ1) is 6.59. The van der Waals surface area contributed by atoms with Crippen molar-refractivity contribution in [3.8, 4) is 5.75 Å². The highest BCUT2D eigenvalue weighted by atomic mass is 16.4. The summed E-state index contributed by atoms with van der Waals surface area (Å²) in [7, 11) is 0. The van der Waals surface area contributed by atoms with Crippen molar-refractivity contribution in [3.63, 3.8) is 0 Å². The predicted molar refractivity (Wildman–Crippen MR) is 53.6 cm³/mol. The van der Waals surface area contributed by atoms with Crippen LogP contribution >= 0.6 is 0 Å². The Morgan fingerprint density at radius 3 is 2.64 bits per heavy atom. The van der Waals surface area contributed by atoms with Crippen molar-refractivity contribution in [2.75, 3.05) is 0 Å². The molecule has 1 aromatic heterocycles. The fraction of sp³-hybridized carbons (Fsp3) is 0.182. The average Bonchev–Trinajstić information content (AvgIpc) is 2.16. The SMILES string of the molecule is Cc1c(C)c2cc(O)ccc2oc1=O. The predicted octanol–water partition coefficient (Wildman–Crippen LogP) is 2.12. The minimum absolute atomic E-state index is 0.175. The van der Waals surface area contributed by atoms with Gasteiger partial charge in [-0.1, -0.05) is 0 Å². The quantitative estimate of drug-likeness (QED) is 0.647. The molecule has 0 aliphatic heterocycles. The van der Waals surface area contributed by atoms with Crippen LogP contribution in [0, 0.1) is 13.8 Å². The number of phenolic OH excluding ortho intramolecular Hbond substituents is 1. The summed E-state index contributed by atoms with van der Waals surface area (Å²) in [5, 5.41) is 10.1. The number of hydrogen-bond donors (Lipinski definition) is 1. The molecule has 0 spiro atoms. The van der Waals surface area contributed by atoms with E-state index in [9.17, 15) is 9.90 Å². The van der Waals surface area contributed by atoms with Gasteiger partial charge in [0.2, 0.25) is 0 Å². The normalized spacial score (nSPS) is 10.7. The highest BCUT2D eigenvalue weighted by Gasteiger charge is 2.07. The lowest BCUT2D eigenvalue weighted by Gasteiger charge is -2.03. The van der Waals surface area contributed by atoms with Gasteiger partial charge in [0, 0.05) is 10.9 Å². The van der Waals surface area contributed by atoms with Gasteiger partial charge in [-0.3, -0.25) is 0 Å². The molecule has 3 nitrogen and oxygen atoms in total. The van der Waals surface area contributed by atoms with Crippen molar-refractivity contribution in [2.24, 2.45) is 0 Å². The number of benzene rings is 1. The average molecular weight is 190 g/mol. The topological polar surface area (TPSA) is 50.4 Å². The van der Waals surface area contributed by atoms with Crippen LogP contribution in [-0.4, -0.2) is 5.11 Å². The largest absolute Gasteiger partial charge is 0.508 e. The summed E-state index contributed by atoms with van der Waals surface area (Å²) in [5.74, 6) is 0.175. The Labute approximate surface area is 80.6 Å². The number of rotatable bonds is 0. The van der Waals surface area contributed by atoms with Gasteiger partial charge in [-0.05, 0) is 37.6 Å². The summed E-state index contributed by atoms with van der Waals surface area (Å²) in [5.41, 5.74) is 1.63. The van der Waals surface area contributed by atoms with E-state index in [4.69, 9.17) is 4.42 Å². The Morgan fingerprint density at radius 1 is 1.21 bits per heavy atom. The molecule has 2 rings (SSSR count). The van der Waals surface area contributed by atoms with Crippen molar-refractivity contribution < 1.29 is 9.52 Å². The number of fused-ring (bicyclic) bond motifs is 1. The van der Waals surface area contributed by atoms with Gasteiger partial charge >= 0.3 is 5.63 Å². The summed E-state index contributed by atoms with van der Waals surface area (Å²) in [6.45, 7) is 3.55. The first-order valence-corrected chi connectivity index (χ1v) is 4.32. The second kappa shape index (κ2) is 2.87. The zero-order valence-electron chi connectivity index (χ0n) is 8.00. The van der Waals surface area contributed by atoms with E-state index in [1.807, 2.05) is 6.92 Å². The second-order valence-corrected chi connectivity index (χ2v) is 3.32. The maximum absolute atomic E-state index is 11.3. The van der Waals surface area contributed by atoms with E-state index in [1.165, 1.54) is 6.07 Å². The molecule has 0 unspecified atom stereocenters.